The molecule has 34 heavy (non-hydrogen) atoms. The van der Waals surface area contributed by atoms with Gasteiger partial charge in [-0.25, -0.2) is 4.79 Å². The highest BCUT2D eigenvalue weighted by atomic mass is 16.4. The summed E-state index contributed by atoms with van der Waals surface area (Å²) in [5.74, 6) is -2.36. The smallest absolute Gasteiger partial charge is 0.326 e. The second-order valence-electron chi connectivity index (χ2n) is 8.01. The van der Waals surface area contributed by atoms with Gasteiger partial charge < -0.3 is 43.7 Å². The van der Waals surface area contributed by atoms with Gasteiger partial charge in [-0.15, -0.1) is 0 Å². The Morgan fingerprint density at radius 1 is 1.03 bits per heavy atom. The number of carboxylic acid groups (broad SMARTS) is 1. The summed E-state index contributed by atoms with van der Waals surface area (Å²) in [7, 11) is 0. The maximum Gasteiger partial charge on any atom is 0.326 e. The number of hydrogen-bond donors (Lipinski definition) is 8. The number of carboxylic acids is 1. The van der Waals surface area contributed by atoms with Crippen LogP contribution in [0, 0.1) is 0 Å². The minimum Gasteiger partial charge on any atom is -0.480 e. The molecule has 2 amide bonds. The Kier molecular flexibility index (Phi) is 10.3. The molecule has 2 rings (SSSR count). The van der Waals surface area contributed by atoms with Crippen LogP contribution in [0.5, 0.6) is 0 Å². The van der Waals surface area contributed by atoms with Crippen molar-refractivity contribution in [1.29, 1.82) is 0 Å². The van der Waals surface area contributed by atoms with Crippen molar-refractivity contribution in [3.05, 3.63) is 36.0 Å². The summed E-state index contributed by atoms with van der Waals surface area (Å²) in [6.07, 6.45) is 3.30. The van der Waals surface area contributed by atoms with Crippen molar-refractivity contribution in [3.63, 3.8) is 0 Å². The van der Waals surface area contributed by atoms with E-state index in [9.17, 15) is 19.5 Å². The number of benzene rings is 1. The Balaban J connectivity index is 2.03. The number of nitrogens with two attached hydrogens (primary N) is 4. The maximum atomic E-state index is 12.9. The Morgan fingerprint density at radius 2 is 1.74 bits per heavy atom. The van der Waals surface area contributed by atoms with Crippen molar-refractivity contribution < 1.29 is 19.5 Å². The Morgan fingerprint density at radius 3 is 2.41 bits per heavy atom. The molecule has 1 heterocycles. The van der Waals surface area contributed by atoms with E-state index in [0.29, 0.717) is 32.4 Å². The largest absolute Gasteiger partial charge is 0.480 e. The topological polar surface area (TPSA) is 228 Å². The van der Waals surface area contributed by atoms with Gasteiger partial charge in [-0.3, -0.25) is 14.6 Å². The van der Waals surface area contributed by atoms with Crippen LogP contribution in [0.2, 0.25) is 0 Å². The number of hydrogen-bond acceptors (Lipinski definition) is 6. The number of guanidine groups is 1. The van der Waals surface area contributed by atoms with Crippen LogP contribution in [0.3, 0.4) is 0 Å². The average molecular weight is 475 g/mol. The number of rotatable bonds is 14. The number of fused-ring (bicyclic) bond motifs is 1. The number of amides is 2. The van der Waals surface area contributed by atoms with Gasteiger partial charge in [0.2, 0.25) is 11.8 Å². The predicted molar refractivity (Wildman–Crippen MR) is 130 cm³/mol. The molecule has 2 aromatic rings. The van der Waals surface area contributed by atoms with Crippen LogP contribution in [-0.2, 0) is 20.8 Å². The molecular weight excluding hydrogens is 440 g/mol. The Bertz CT molecular complexity index is 1000. The summed E-state index contributed by atoms with van der Waals surface area (Å²) in [6, 6.07) is 4.46. The first-order valence-electron chi connectivity index (χ1n) is 11.1. The van der Waals surface area contributed by atoms with E-state index in [-0.39, 0.29) is 18.8 Å². The molecule has 12 heteroatoms. The Labute approximate surface area is 197 Å². The van der Waals surface area contributed by atoms with Crippen molar-refractivity contribution in [2.75, 3.05) is 13.1 Å². The quantitative estimate of drug-likeness (QED) is 0.0947. The number of aromatic amines is 1. The van der Waals surface area contributed by atoms with Crippen LogP contribution in [0.25, 0.3) is 10.9 Å². The summed E-state index contributed by atoms with van der Waals surface area (Å²) in [5, 5.41) is 15.7. The number of nitrogens with zero attached hydrogens (tertiary/aromatic N) is 1. The number of aromatic nitrogens is 1. The van der Waals surface area contributed by atoms with Gasteiger partial charge in [-0.05, 0) is 43.9 Å². The molecule has 1 aromatic heterocycles. The number of carbonyl (C=O) groups excluding carboxylic acids is 2. The molecule has 12 N–H and O–H groups in total. The maximum absolute atomic E-state index is 12.9. The molecule has 0 unspecified atom stereocenters. The molecule has 0 aliphatic carbocycles. The molecule has 0 saturated heterocycles. The van der Waals surface area contributed by atoms with Crippen LogP contribution >= 0.6 is 0 Å². The van der Waals surface area contributed by atoms with Gasteiger partial charge in [-0.2, -0.15) is 0 Å². The molecule has 0 saturated carbocycles. The van der Waals surface area contributed by atoms with Crippen molar-refractivity contribution in [2.24, 2.45) is 27.9 Å². The van der Waals surface area contributed by atoms with E-state index in [2.05, 4.69) is 20.6 Å². The summed E-state index contributed by atoms with van der Waals surface area (Å²) < 4.78 is 0. The normalized spacial score (nSPS) is 13.6. The fraction of sp³-hybridized carbons (Fsp3) is 0.455. The zero-order valence-electron chi connectivity index (χ0n) is 19.0. The third-order valence-corrected chi connectivity index (χ3v) is 5.35. The second kappa shape index (κ2) is 13.2. The predicted octanol–water partition coefficient (Wildman–Crippen LogP) is -1.12. The second-order valence-corrected chi connectivity index (χ2v) is 8.01. The number of nitrogens with one attached hydrogen (secondary N) is 3. The molecule has 0 bridgehead atoms. The highest BCUT2D eigenvalue weighted by Gasteiger charge is 2.28. The average Bonchev–Trinajstić information content (AvgIpc) is 3.21. The standard InChI is InChI=1S/C22H34N8O4/c23-9-3-8-17(29-19(31)15(24)6-4-10-27-22(25)26)20(32)30-18(21(33)34)11-13-12-28-16-7-2-1-5-14(13)16/h1-2,5,7,12,15,17-18,28H,3-4,6,8-11,23-24H2,(H,29,31)(H,30,32)(H,33,34)(H4,25,26,27)/t15-,17-,18-/m0/s1. The molecule has 0 spiro atoms. The number of aliphatic carboxylic acids is 1. The minimum absolute atomic E-state index is 0.0443. The van der Waals surface area contributed by atoms with E-state index in [4.69, 9.17) is 22.9 Å². The van der Waals surface area contributed by atoms with Crippen LogP contribution < -0.4 is 33.6 Å². The first kappa shape index (κ1) is 26.6. The minimum atomic E-state index is -1.18. The van der Waals surface area contributed by atoms with Gasteiger partial charge in [0, 0.05) is 30.1 Å². The lowest BCUT2D eigenvalue weighted by Crippen LogP contribution is -2.54. The molecule has 3 atom stereocenters. The molecule has 186 valence electrons. The third kappa shape index (κ3) is 8.05. The zero-order valence-corrected chi connectivity index (χ0v) is 19.0. The lowest BCUT2D eigenvalue weighted by Gasteiger charge is -2.23. The molecule has 12 nitrogen and oxygen atoms in total. The fourth-order valence-corrected chi connectivity index (χ4v) is 3.51. The van der Waals surface area contributed by atoms with Gasteiger partial charge in [0.15, 0.2) is 5.96 Å². The number of aliphatic imine (C=N–C) groups is 1. The van der Waals surface area contributed by atoms with Gasteiger partial charge in [0.25, 0.3) is 0 Å². The van der Waals surface area contributed by atoms with Crippen LogP contribution in [-0.4, -0.2) is 65.0 Å². The van der Waals surface area contributed by atoms with Crippen molar-refractivity contribution in [3.8, 4) is 0 Å². The molecule has 0 fully saturated rings. The van der Waals surface area contributed by atoms with Crippen molar-refractivity contribution in [2.45, 2.75) is 50.2 Å². The summed E-state index contributed by atoms with van der Waals surface area (Å²) >= 11 is 0. The van der Waals surface area contributed by atoms with E-state index in [1.807, 2.05) is 24.3 Å². The van der Waals surface area contributed by atoms with Crippen LogP contribution in [0.15, 0.2) is 35.5 Å². The van der Waals surface area contributed by atoms with Gasteiger partial charge >= 0.3 is 5.97 Å². The monoisotopic (exact) mass is 474 g/mol. The molecule has 0 aliphatic rings. The van der Waals surface area contributed by atoms with E-state index >= 15 is 0 Å². The van der Waals surface area contributed by atoms with E-state index in [0.717, 1.165) is 16.5 Å². The summed E-state index contributed by atoms with van der Waals surface area (Å²) in [5.41, 5.74) is 23.7. The summed E-state index contributed by atoms with van der Waals surface area (Å²) in [6.45, 7) is 0.635. The molecule has 0 radical (unpaired) electrons. The van der Waals surface area contributed by atoms with Crippen LogP contribution in [0.4, 0.5) is 0 Å². The number of H-pyrrole nitrogens is 1. The van der Waals surface area contributed by atoms with E-state index < -0.39 is 35.9 Å². The SMILES string of the molecule is NCCC[C@H](NC(=O)[C@@H](N)CCCN=C(N)N)C(=O)N[C@@H](Cc1c[nH]c2ccccc12)C(=O)O. The van der Waals surface area contributed by atoms with Crippen molar-refractivity contribution in [1.82, 2.24) is 15.6 Å². The fourth-order valence-electron chi connectivity index (χ4n) is 3.51. The zero-order chi connectivity index (χ0) is 25.1. The van der Waals surface area contributed by atoms with Gasteiger partial charge in [0.05, 0.1) is 6.04 Å². The third-order valence-electron chi connectivity index (χ3n) is 5.35. The first-order valence-corrected chi connectivity index (χ1v) is 11.1. The van der Waals surface area contributed by atoms with Gasteiger partial charge in [0.1, 0.15) is 12.1 Å². The van der Waals surface area contributed by atoms with E-state index in [1.165, 1.54) is 0 Å². The Hall–Kier alpha value is -3.64. The van der Waals surface area contributed by atoms with E-state index in [1.54, 1.807) is 6.20 Å². The highest BCUT2D eigenvalue weighted by molar-refractivity contribution is 5.92. The summed E-state index contributed by atoms with van der Waals surface area (Å²) in [4.78, 5) is 44.2. The highest BCUT2D eigenvalue weighted by Crippen LogP contribution is 2.19. The molecule has 1 aromatic carbocycles. The van der Waals surface area contributed by atoms with Crippen molar-refractivity contribution >= 4 is 34.6 Å². The first-order chi connectivity index (χ1) is 16.2. The lowest BCUT2D eigenvalue weighted by molar-refractivity contribution is -0.142. The molecule has 0 aliphatic heterocycles. The van der Waals surface area contributed by atoms with Gasteiger partial charge in [-0.1, -0.05) is 18.2 Å². The molecular formula is C22H34N8O4. The number of para-hydroxylation sites is 1. The lowest BCUT2D eigenvalue weighted by atomic mass is 10.0. The van der Waals surface area contributed by atoms with Crippen LogP contribution in [0.1, 0.15) is 31.2 Å². The number of carbonyl (C=O) groups is 3.